The molecule has 0 saturated carbocycles. The van der Waals surface area contributed by atoms with Gasteiger partial charge in [0.25, 0.3) is 0 Å². The van der Waals surface area contributed by atoms with E-state index in [9.17, 15) is 4.79 Å². The van der Waals surface area contributed by atoms with Crippen LogP contribution in [0.15, 0.2) is 0 Å². The summed E-state index contributed by atoms with van der Waals surface area (Å²) in [6.45, 7) is 10.4. The number of amidine groups is 1. The Bertz CT molecular complexity index is 302. The van der Waals surface area contributed by atoms with Gasteiger partial charge in [0.05, 0.1) is 45.1 Å². The van der Waals surface area contributed by atoms with Crippen LogP contribution in [0, 0.1) is 5.41 Å². The van der Waals surface area contributed by atoms with Crippen LogP contribution in [0.5, 0.6) is 0 Å². The summed E-state index contributed by atoms with van der Waals surface area (Å²) in [6.07, 6.45) is 1.43. The molecular formula is C14H32N5O+. The van der Waals surface area contributed by atoms with E-state index in [0.29, 0.717) is 25.3 Å². The second-order valence-electron chi connectivity index (χ2n) is 5.57. The third-order valence-corrected chi connectivity index (χ3v) is 3.90. The van der Waals surface area contributed by atoms with E-state index in [1.54, 1.807) is 6.92 Å². The van der Waals surface area contributed by atoms with Crippen molar-refractivity contribution in [1.82, 2.24) is 10.6 Å². The van der Waals surface area contributed by atoms with Crippen LogP contribution in [0.1, 0.15) is 33.6 Å². The highest BCUT2D eigenvalue weighted by atomic mass is 16.2. The molecule has 0 aliphatic heterocycles. The molecule has 20 heavy (non-hydrogen) atoms. The summed E-state index contributed by atoms with van der Waals surface area (Å²) in [7, 11) is 2.19. The zero-order chi connectivity index (χ0) is 15.6. The summed E-state index contributed by atoms with van der Waals surface area (Å²) in [5.41, 5.74) is 5.85. The standard InChI is InChI=1S/C14H31N5O/c1-5-19(4,6-2)11-10-18-14(20)13(16)8-7-9-17-12(3)15/h13H,5-11,16H2,1-4H3,(H2-,15,17,18,20)/p+1/t13-/m0/s1. The summed E-state index contributed by atoms with van der Waals surface area (Å²) < 4.78 is 0.956. The molecule has 0 aromatic carbocycles. The second-order valence-corrected chi connectivity index (χ2v) is 5.57. The Morgan fingerprint density at radius 2 is 1.85 bits per heavy atom. The Labute approximate surface area is 123 Å². The first-order valence-corrected chi connectivity index (χ1v) is 7.50. The Hall–Kier alpha value is -1.14. The second kappa shape index (κ2) is 9.72. The molecule has 0 aromatic rings. The van der Waals surface area contributed by atoms with Gasteiger partial charge >= 0.3 is 0 Å². The lowest BCUT2D eigenvalue weighted by Gasteiger charge is -2.32. The SMILES string of the molecule is CC[N+](C)(CC)CCNC(=O)[C@@H](N)CCCNC(C)=N. The minimum absolute atomic E-state index is 0.0738. The molecule has 0 bridgehead atoms. The van der Waals surface area contributed by atoms with Crippen LogP contribution in [-0.2, 0) is 4.79 Å². The lowest BCUT2D eigenvalue weighted by molar-refractivity contribution is -0.904. The summed E-state index contributed by atoms with van der Waals surface area (Å²) >= 11 is 0. The van der Waals surface area contributed by atoms with Crippen molar-refractivity contribution >= 4 is 11.7 Å². The van der Waals surface area contributed by atoms with Crippen LogP contribution >= 0.6 is 0 Å². The average Bonchev–Trinajstić information content (AvgIpc) is 2.42. The van der Waals surface area contributed by atoms with E-state index in [1.165, 1.54) is 0 Å². The van der Waals surface area contributed by atoms with Crippen molar-refractivity contribution in [1.29, 1.82) is 5.41 Å². The van der Waals surface area contributed by atoms with Gasteiger partial charge in [0, 0.05) is 6.54 Å². The number of carbonyl (C=O) groups is 1. The van der Waals surface area contributed by atoms with Gasteiger partial charge in [0.2, 0.25) is 5.91 Å². The average molecular weight is 286 g/mol. The molecular weight excluding hydrogens is 254 g/mol. The van der Waals surface area contributed by atoms with Crippen LogP contribution in [0.3, 0.4) is 0 Å². The molecule has 5 N–H and O–H groups in total. The van der Waals surface area contributed by atoms with Crippen molar-refractivity contribution in [3.8, 4) is 0 Å². The Kier molecular flexibility index (Phi) is 9.16. The van der Waals surface area contributed by atoms with E-state index in [-0.39, 0.29) is 5.91 Å². The van der Waals surface area contributed by atoms with Crippen LogP contribution in [-0.4, -0.2) is 62.0 Å². The predicted octanol–water partition coefficient (Wildman–Crippen LogP) is 0.283. The van der Waals surface area contributed by atoms with Crippen LogP contribution in [0.25, 0.3) is 0 Å². The maximum atomic E-state index is 11.8. The zero-order valence-electron chi connectivity index (χ0n) is 13.5. The first-order chi connectivity index (χ1) is 9.34. The molecule has 1 amide bonds. The van der Waals surface area contributed by atoms with Gasteiger partial charge in [-0.15, -0.1) is 0 Å². The van der Waals surface area contributed by atoms with Gasteiger partial charge in [0.15, 0.2) is 0 Å². The fraction of sp³-hybridized carbons (Fsp3) is 0.857. The van der Waals surface area contributed by atoms with E-state index < -0.39 is 6.04 Å². The van der Waals surface area contributed by atoms with Gasteiger partial charge in [-0.05, 0) is 33.6 Å². The number of hydrogen-bond acceptors (Lipinski definition) is 3. The number of amides is 1. The third kappa shape index (κ3) is 8.12. The molecule has 0 unspecified atom stereocenters. The fourth-order valence-electron chi connectivity index (χ4n) is 1.85. The van der Waals surface area contributed by atoms with E-state index >= 15 is 0 Å². The van der Waals surface area contributed by atoms with Crippen molar-refractivity contribution in [2.45, 2.75) is 39.7 Å². The molecule has 6 nitrogen and oxygen atoms in total. The highest BCUT2D eigenvalue weighted by Gasteiger charge is 2.18. The minimum Gasteiger partial charge on any atom is -0.374 e. The lowest BCUT2D eigenvalue weighted by atomic mass is 10.1. The van der Waals surface area contributed by atoms with E-state index in [1.807, 2.05) is 0 Å². The molecule has 0 spiro atoms. The van der Waals surface area contributed by atoms with E-state index in [0.717, 1.165) is 30.5 Å². The van der Waals surface area contributed by atoms with Crippen molar-refractivity contribution < 1.29 is 9.28 Å². The number of hydrogen-bond donors (Lipinski definition) is 4. The van der Waals surface area contributed by atoms with Gasteiger partial charge in [-0.2, -0.15) is 0 Å². The Morgan fingerprint density at radius 3 is 2.35 bits per heavy atom. The first-order valence-electron chi connectivity index (χ1n) is 7.50. The van der Waals surface area contributed by atoms with Gasteiger partial charge < -0.3 is 20.9 Å². The topological polar surface area (TPSA) is 91.0 Å². The number of quaternary nitrogens is 1. The number of carbonyl (C=O) groups excluding carboxylic acids is 1. The first kappa shape index (κ1) is 18.9. The molecule has 1 atom stereocenters. The monoisotopic (exact) mass is 286 g/mol. The van der Waals surface area contributed by atoms with Gasteiger partial charge in [-0.1, -0.05) is 0 Å². The lowest BCUT2D eigenvalue weighted by Crippen LogP contribution is -2.50. The summed E-state index contributed by atoms with van der Waals surface area (Å²) in [6, 6.07) is -0.454. The van der Waals surface area contributed by atoms with Crippen molar-refractivity contribution in [2.75, 3.05) is 39.8 Å². The van der Waals surface area contributed by atoms with Gasteiger partial charge in [0.1, 0.15) is 0 Å². The molecule has 0 radical (unpaired) electrons. The zero-order valence-corrected chi connectivity index (χ0v) is 13.5. The molecule has 0 aliphatic carbocycles. The number of nitrogens with one attached hydrogen (secondary N) is 3. The predicted molar refractivity (Wildman–Crippen MR) is 83.8 cm³/mol. The Morgan fingerprint density at radius 1 is 1.25 bits per heavy atom. The largest absolute Gasteiger partial charge is 0.374 e. The quantitative estimate of drug-likeness (QED) is 0.201. The molecule has 0 aromatic heterocycles. The van der Waals surface area contributed by atoms with Gasteiger partial charge in [-0.25, -0.2) is 0 Å². The number of rotatable bonds is 10. The molecule has 6 heteroatoms. The van der Waals surface area contributed by atoms with Crippen LogP contribution in [0.4, 0.5) is 0 Å². The van der Waals surface area contributed by atoms with Crippen LogP contribution in [0.2, 0.25) is 0 Å². The minimum atomic E-state index is -0.454. The van der Waals surface area contributed by atoms with Gasteiger partial charge in [-0.3, -0.25) is 10.2 Å². The summed E-state index contributed by atoms with van der Waals surface area (Å²) in [4.78, 5) is 11.8. The van der Waals surface area contributed by atoms with E-state index in [2.05, 4.69) is 31.5 Å². The molecule has 118 valence electrons. The smallest absolute Gasteiger partial charge is 0.237 e. The fourth-order valence-corrected chi connectivity index (χ4v) is 1.85. The van der Waals surface area contributed by atoms with Crippen molar-refractivity contribution in [3.63, 3.8) is 0 Å². The molecule has 0 heterocycles. The Balaban J connectivity index is 3.83. The van der Waals surface area contributed by atoms with Crippen LogP contribution < -0.4 is 16.4 Å². The normalized spacial score (nSPS) is 12.8. The maximum Gasteiger partial charge on any atom is 0.237 e. The van der Waals surface area contributed by atoms with Crippen molar-refractivity contribution in [3.05, 3.63) is 0 Å². The molecule has 0 aliphatic rings. The highest BCUT2D eigenvalue weighted by molar-refractivity contribution is 5.81. The molecule has 0 fully saturated rings. The molecule has 0 rings (SSSR count). The number of nitrogens with zero attached hydrogens (tertiary/aromatic N) is 1. The maximum absolute atomic E-state index is 11.8. The third-order valence-electron chi connectivity index (χ3n) is 3.90. The van der Waals surface area contributed by atoms with E-state index in [4.69, 9.17) is 11.1 Å². The summed E-state index contributed by atoms with van der Waals surface area (Å²) in [5.74, 6) is 0.370. The molecule has 0 saturated heterocycles. The number of likely N-dealkylation sites (N-methyl/N-ethyl adjacent to an activating group) is 1. The summed E-state index contributed by atoms with van der Waals surface area (Å²) in [5, 5.41) is 13.1. The number of nitrogens with two attached hydrogens (primary N) is 1. The highest BCUT2D eigenvalue weighted by Crippen LogP contribution is 1.99. The van der Waals surface area contributed by atoms with Crippen molar-refractivity contribution in [2.24, 2.45) is 5.73 Å².